The van der Waals surface area contributed by atoms with E-state index in [0.29, 0.717) is 5.02 Å². The second kappa shape index (κ2) is 4.85. The molecule has 3 rings (SSSR count). The molecule has 2 fully saturated rings. The summed E-state index contributed by atoms with van der Waals surface area (Å²) in [7, 11) is -0.269. The number of hydrogen-bond donors (Lipinski definition) is 0. The molecule has 0 N–H and O–H groups in total. The highest BCUT2D eigenvalue weighted by molar-refractivity contribution is 6.49. The summed E-state index contributed by atoms with van der Waals surface area (Å²) in [6, 6.07) is 2.90. The van der Waals surface area contributed by atoms with Crippen molar-refractivity contribution >= 4 is 30.3 Å². The lowest BCUT2D eigenvalue weighted by Gasteiger charge is -2.32. The number of halogens is 3. The zero-order chi connectivity index (χ0) is 15.6. The van der Waals surface area contributed by atoms with Gasteiger partial charge < -0.3 is 9.31 Å². The molecule has 0 spiro atoms. The Labute approximate surface area is 135 Å². The summed E-state index contributed by atoms with van der Waals surface area (Å²) in [4.78, 5) is 0. The van der Waals surface area contributed by atoms with Crippen LogP contribution in [0.15, 0.2) is 12.1 Å². The van der Waals surface area contributed by atoms with Crippen LogP contribution in [0.2, 0.25) is 15.9 Å². The largest absolute Gasteiger partial charge is 0.461 e. The van der Waals surface area contributed by atoms with Crippen LogP contribution in [-0.2, 0) is 9.31 Å². The smallest absolute Gasteiger partial charge is 0.403 e. The van der Waals surface area contributed by atoms with Crippen molar-refractivity contribution in [3.8, 4) is 0 Å². The molecule has 0 bridgehead atoms. The fourth-order valence-corrected chi connectivity index (χ4v) is 3.28. The average molecular weight is 331 g/mol. The Balaban J connectivity index is 1.78. The highest BCUT2D eigenvalue weighted by Crippen LogP contribution is 2.59. The molecule has 1 aromatic rings. The Morgan fingerprint density at radius 1 is 1.10 bits per heavy atom. The summed E-state index contributed by atoms with van der Waals surface area (Å²) in [6.45, 7) is 8.11. The van der Waals surface area contributed by atoms with Crippen LogP contribution in [0.4, 0.5) is 4.39 Å². The van der Waals surface area contributed by atoms with Crippen molar-refractivity contribution in [3.05, 3.63) is 33.6 Å². The van der Waals surface area contributed by atoms with Crippen molar-refractivity contribution in [1.29, 1.82) is 0 Å². The molecule has 1 aliphatic heterocycles. The third kappa shape index (κ3) is 2.61. The molecule has 6 heteroatoms. The van der Waals surface area contributed by atoms with E-state index in [0.717, 1.165) is 12.0 Å². The maximum absolute atomic E-state index is 13.6. The molecule has 1 aliphatic carbocycles. The highest BCUT2D eigenvalue weighted by atomic mass is 35.5. The second-order valence-corrected chi connectivity index (χ2v) is 7.73. The minimum Gasteiger partial charge on any atom is -0.403 e. The van der Waals surface area contributed by atoms with Gasteiger partial charge in [0.05, 0.1) is 16.2 Å². The third-order valence-electron chi connectivity index (χ3n) is 4.90. The predicted octanol–water partition coefficient (Wildman–Crippen LogP) is 5.08. The van der Waals surface area contributed by atoms with Gasteiger partial charge in [-0.3, -0.25) is 0 Å². The van der Waals surface area contributed by atoms with E-state index in [1.807, 2.05) is 27.7 Å². The summed E-state index contributed by atoms with van der Waals surface area (Å²) in [6.07, 6.45) is 0.887. The maximum atomic E-state index is 13.6. The Morgan fingerprint density at radius 3 is 2.24 bits per heavy atom. The predicted molar refractivity (Wildman–Crippen MR) is 83.6 cm³/mol. The van der Waals surface area contributed by atoms with Gasteiger partial charge in [0.25, 0.3) is 0 Å². The molecule has 1 heterocycles. The molecule has 0 amide bonds. The number of benzene rings is 1. The lowest BCUT2D eigenvalue weighted by Crippen LogP contribution is -2.41. The first kappa shape index (κ1) is 15.6. The standard InChI is InChI=1S/C15H18BCl2FO2/c1-14(2)15(3,4)21-16(20-14)10-5-8(10)9-6-13(19)12(18)7-11(9)17/h6-8,10H,5H2,1-4H3/t8-,10+/m0/s1. The summed E-state index contributed by atoms with van der Waals surface area (Å²) in [5.41, 5.74) is 0.0953. The molecule has 2 atom stereocenters. The molecule has 0 radical (unpaired) electrons. The van der Waals surface area contributed by atoms with Gasteiger partial charge in [-0.05, 0) is 57.7 Å². The Hall–Kier alpha value is -0.285. The van der Waals surface area contributed by atoms with Crippen molar-refractivity contribution in [2.75, 3.05) is 0 Å². The molecule has 114 valence electrons. The Kier molecular flexibility index (Phi) is 3.61. The molecule has 2 nitrogen and oxygen atoms in total. The van der Waals surface area contributed by atoms with Crippen LogP contribution < -0.4 is 0 Å². The number of rotatable bonds is 2. The molecule has 1 saturated heterocycles. The SMILES string of the molecule is CC1(C)OB([C@@H]2C[C@H]2c2cc(F)c(Cl)cc2Cl)OC1(C)C. The van der Waals surface area contributed by atoms with Gasteiger partial charge in [0, 0.05) is 10.8 Å². The van der Waals surface area contributed by atoms with Gasteiger partial charge in [-0.2, -0.15) is 0 Å². The van der Waals surface area contributed by atoms with Gasteiger partial charge in [0.15, 0.2) is 0 Å². The zero-order valence-electron chi connectivity index (χ0n) is 12.5. The minimum atomic E-state index is -0.435. The van der Waals surface area contributed by atoms with Crippen LogP contribution in [-0.4, -0.2) is 18.3 Å². The summed E-state index contributed by atoms with van der Waals surface area (Å²) in [5.74, 6) is -0.0567. The highest BCUT2D eigenvalue weighted by Gasteiger charge is 2.60. The molecule has 0 unspecified atom stereocenters. The van der Waals surface area contributed by atoms with Crippen LogP contribution in [0, 0.1) is 5.82 Å². The zero-order valence-corrected chi connectivity index (χ0v) is 14.1. The van der Waals surface area contributed by atoms with Crippen molar-refractivity contribution in [3.63, 3.8) is 0 Å². The molecular formula is C15H18BCl2FO2. The fraction of sp³-hybridized carbons (Fsp3) is 0.600. The van der Waals surface area contributed by atoms with E-state index in [9.17, 15) is 4.39 Å². The van der Waals surface area contributed by atoms with Gasteiger partial charge in [-0.15, -0.1) is 0 Å². The molecule has 1 aromatic carbocycles. The van der Waals surface area contributed by atoms with Gasteiger partial charge in [-0.1, -0.05) is 23.2 Å². The van der Waals surface area contributed by atoms with E-state index in [2.05, 4.69) is 0 Å². The number of hydrogen-bond acceptors (Lipinski definition) is 2. The van der Waals surface area contributed by atoms with E-state index in [4.69, 9.17) is 32.5 Å². The van der Waals surface area contributed by atoms with Crippen molar-refractivity contribution in [2.45, 2.75) is 57.1 Å². The van der Waals surface area contributed by atoms with Crippen molar-refractivity contribution in [1.82, 2.24) is 0 Å². The Morgan fingerprint density at radius 2 is 1.67 bits per heavy atom. The molecule has 1 saturated carbocycles. The first-order valence-corrected chi connectivity index (χ1v) is 7.88. The molecular weight excluding hydrogens is 313 g/mol. The Bertz CT molecular complexity index is 575. The first-order valence-electron chi connectivity index (χ1n) is 7.12. The summed E-state index contributed by atoms with van der Waals surface area (Å²) < 4.78 is 25.7. The van der Waals surface area contributed by atoms with Crippen LogP contribution in [0.3, 0.4) is 0 Å². The van der Waals surface area contributed by atoms with Crippen molar-refractivity contribution in [2.24, 2.45) is 0 Å². The molecule has 2 aliphatic rings. The lowest BCUT2D eigenvalue weighted by atomic mass is 9.79. The van der Waals surface area contributed by atoms with Crippen LogP contribution in [0.25, 0.3) is 0 Å². The van der Waals surface area contributed by atoms with Crippen LogP contribution >= 0.6 is 23.2 Å². The van der Waals surface area contributed by atoms with Gasteiger partial charge in [0.1, 0.15) is 5.82 Å². The monoisotopic (exact) mass is 330 g/mol. The quantitative estimate of drug-likeness (QED) is 0.556. The summed E-state index contributed by atoms with van der Waals surface area (Å²) >= 11 is 11.9. The fourth-order valence-electron chi connectivity index (χ4n) is 2.76. The molecule has 21 heavy (non-hydrogen) atoms. The van der Waals surface area contributed by atoms with E-state index in [-0.39, 0.29) is 35.1 Å². The minimum absolute atomic E-state index is 0.0524. The topological polar surface area (TPSA) is 18.5 Å². The lowest BCUT2D eigenvalue weighted by molar-refractivity contribution is 0.00578. The van der Waals surface area contributed by atoms with Crippen molar-refractivity contribution < 1.29 is 13.7 Å². The first-order chi connectivity index (χ1) is 9.62. The van der Waals surface area contributed by atoms with Crippen LogP contribution in [0.1, 0.15) is 45.6 Å². The maximum Gasteiger partial charge on any atom is 0.461 e. The van der Waals surface area contributed by atoms with Gasteiger partial charge in [-0.25, -0.2) is 4.39 Å². The van der Waals surface area contributed by atoms with E-state index in [1.165, 1.54) is 12.1 Å². The van der Waals surface area contributed by atoms with E-state index < -0.39 is 5.82 Å². The normalized spacial score (nSPS) is 29.8. The van der Waals surface area contributed by atoms with Gasteiger partial charge in [0.2, 0.25) is 0 Å². The van der Waals surface area contributed by atoms with E-state index >= 15 is 0 Å². The van der Waals surface area contributed by atoms with Gasteiger partial charge >= 0.3 is 7.12 Å². The second-order valence-electron chi connectivity index (χ2n) is 6.92. The molecule has 0 aromatic heterocycles. The van der Waals surface area contributed by atoms with Crippen LogP contribution in [0.5, 0.6) is 0 Å². The third-order valence-corrected chi connectivity index (χ3v) is 5.52. The summed E-state index contributed by atoms with van der Waals surface area (Å²) in [5, 5.41) is 0.557. The average Bonchev–Trinajstić information content (AvgIpc) is 3.08. The van der Waals surface area contributed by atoms with E-state index in [1.54, 1.807) is 0 Å².